The van der Waals surface area contributed by atoms with E-state index in [1.807, 2.05) is 0 Å². The van der Waals surface area contributed by atoms with Crippen LogP contribution >= 0.6 is 0 Å². The minimum Gasteiger partial charge on any atom is -0.394 e. The lowest BCUT2D eigenvalue weighted by Crippen LogP contribution is -2.66. The van der Waals surface area contributed by atoms with Gasteiger partial charge in [-0.1, -0.05) is 27.7 Å². The van der Waals surface area contributed by atoms with Crippen molar-refractivity contribution in [1.82, 2.24) is 0 Å². The van der Waals surface area contributed by atoms with Gasteiger partial charge >= 0.3 is 0 Å². The molecule has 1 spiro atoms. The lowest BCUT2D eigenvalue weighted by Gasteiger charge is -2.61. The van der Waals surface area contributed by atoms with Crippen molar-refractivity contribution in [3.63, 3.8) is 0 Å². The number of hydrogen-bond acceptors (Lipinski definition) is 17. The van der Waals surface area contributed by atoms with Crippen LogP contribution in [0.3, 0.4) is 0 Å². The Hall–Kier alpha value is -0.680. The molecule has 27 atom stereocenters. The topological polar surface area (TPSA) is 256 Å². The highest BCUT2D eigenvalue weighted by Crippen LogP contribution is 2.71. The molecule has 9 rings (SSSR count). The van der Waals surface area contributed by atoms with E-state index in [9.17, 15) is 46.0 Å². The van der Waals surface area contributed by atoms with Crippen LogP contribution in [0, 0.1) is 52.3 Å². The van der Waals surface area contributed by atoms with Gasteiger partial charge < -0.3 is 83.9 Å². The number of fused-ring (bicyclic) bond motifs is 7. The maximum atomic E-state index is 11.4. The number of aliphatic hydroxyl groups is 9. The molecule has 0 bridgehead atoms. The molecule has 4 saturated carbocycles. The standard InChI is InChI=1S/C45H74O17/c1-19-8-13-45(55-18-19)20(2)30-27(62-45)15-26-24-7-6-22-14-23(9-11-43(22,4)25(24)10-12-44(26,30)5)57-42-39(34(51)31(48)21(3)56-42)61-41-37(54)35(52)38(29(17-47)59-41)60-40-36(53)33(50)32(49)28(16-46)58-40/h19-42,46-54H,6-18H2,1-5H3. The zero-order chi connectivity index (χ0) is 44.2. The molecule has 5 aliphatic heterocycles. The van der Waals surface area contributed by atoms with Gasteiger partial charge in [0.1, 0.15) is 67.1 Å². The largest absolute Gasteiger partial charge is 0.394 e. The van der Waals surface area contributed by atoms with Crippen LogP contribution in [0.25, 0.3) is 0 Å². The first-order chi connectivity index (χ1) is 29.4. The van der Waals surface area contributed by atoms with E-state index in [-0.39, 0.29) is 23.0 Å². The molecule has 17 heteroatoms. The average molecular weight is 887 g/mol. The number of rotatable bonds is 8. The second kappa shape index (κ2) is 17.4. The van der Waals surface area contributed by atoms with Gasteiger partial charge in [-0.2, -0.15) is 0 Å². The molecule has 9 fully saturated rings. The Balaban J connectivity index is 0.844. The molecule has 0 radical (unpaired) electrons. The summed E-state index contributed by atoms with van der Waals surface area (Å²) in [6.45, 7) is 10.7. The van der Waals surface area contributed by atoms with E-state index >= 15 is 0 Å². The van der Waals surface area contributed by atoms with E-state index in [1.165, 1.54) is 19.3 Å². The van der Waals surface area contributed by atoms with Crippen LogP contribution in [0.5, 0.6) is 0 Å². The molecule has 27 unspecified atom stereocenters. The molecule has 17 nitrogen and oxygen atoms in total. The van der Waals surface area contributed by atoms with Gasteiger partial charge in [0.2, 0.25) is 0 Å². The van der Waals surface area contributed by atoms with Gasteiger partial charge in [0, 0.05) is 12.3 Å². The van der Waals surface area contributed by atoms with Gasteiger partial charge in [-0.25, -0.2) is 0 Å². The van der Waals surface area contributed by atoms with Crippen molar-refractivity contribution in [2.75, 3.05) is 19.8 Å². The maximum absolute atomic E-state index is 11.4. The first-order valence-corrected chi connectivity index (χ1v) is 23.7. The van der Waals surface area contributed by atoms with Crippen LogP contribution in [-0.2, 0) is 37.9 Å². The van der Waals surface area contributed by atoms with Crippen LogP contribution in [0.2, 0.25) is 0 Å². The van der Waals surface area contributed by atoms with Gasteiger partial charge in [-0.3, -0.25) is 0 Å². The first-order valence-electron chi connectivity index (χ1n) is 23.7. The summed E-state index contributed by atoms with van der Waals surface area (Å²) in [5, 5.41) is 95.6. The summed E-state index contributed by atoms with van der Waals surface area (Å²) in [6, 6.07) is 0. The highest BCUT2D eigenvalue weighted by atomic mass is 16.8. The lowest BCUT2D eigenvalue weighted by atomic mass is 9.44. The molecule has 5 saturated heterocycles. The highest BCUT2D eigenvalue weighted by Gasteiger charge is 2.69. The maximum Gasteiger partial charge on any atom is 0.187 e. The van der Waals surface area contributed by atoms with E-state index in [0.29, 0.717) is 41.4 Å². The van der Waals surface area contributed by atoms with Crippen LogP contribution in [0.1, 0.15) is 98.8 Å². The molecular formula is C45H74O17. The van der Waals surface area contributed by atoms with E-state index in [2.05, 4.69) is 27.7 Å². The summed E-state index contributed by atoms with van der Waals surface area (Å²) in [4.78, 5) is 0. The van der Waals surface area contributed by atoms with Crippen LogP contribution in [0.15, 0.2) is 0 Å². The van der Waals surface area contributed by atoms with Gasteiger partial charge in [0.25, 0.3) is 0 Å². The van der Waals surface area contributed by atoms with Crippen molar-refractivity contribution in [2.24, 2.45) is 52.3 Å². The van der Waals surface area contributed by atoms with E-state index in [1.54, 1.807) is 6.92 Å². The third kappa shape index (κ3) is 7.56. The summed E-state index contributed by atoms with van der Waals surface area (Å²) >= 11 is 0. The summed E-state index contributed by atoms with van der Waals surface area (Å²) in [5.74, 6) is 3.37. The Morgan fingerprint density at radius 1 is 0.581 bits per heavy atom. The van der Waals surface area contributed by atoms with Gasteiger partial charge in [-0.15, -0.1) is 0 Å². The molecule has 5 heterocycles. The van der Waals surface area contributed by atoms with Gasteiger partial charge in [-0.05, 0) is 111 Å². The van der Waals surface area contributed by atoms with Crippen LogP contribution in [0.4, 0.5) is 0 Å². The molecule has 356 valence electrons. The zero-order valence-electron chi connectivity index (χ0n) is 36.8. The molecule has 0 aromatic rings. The van der Waals surface area contributed by atoms with E-state index in [0.717, 1.165) is 51.6 Å². The Labute approximate surface area is 364 Å². The van der Waals surface area contributed by atoms with Crippen LogP contribution in [-0.4, -0.2) is 176 Å². The molecule has 4 aliphatic carbocycles. The molecule has 9 aliphatic rings. The summed E-state index contributed by atoms with van der Waals surface area (Å²) in [5.41, 5.74) is 0.384. The monoisotopic (exact) mass is 886 g/mol. The fraction of sp³-hybridized carbons (Fsp3) is 1.00. The fourth-order valence-electron chi connectivity index (χ4n) is 14.6. The second-order valence-corrected chi connectivity index (χ2v) is 21.5. The smallest absolute Gasteiger partial charge is 0.187 e. The van der Waals surface area contributed by atoms with Crippen LogP contribution < -0.4 is 0 Å². The SMILES string of the molecule is CC1CCC2(OC1)OC1CC3C4CCC5CC(OC6OC(C)C(O)C(O)C6OC6OC(CO)C(OC7OC(CO)C(O)C(O)C7O)C(O)C6O)CCC5(C)C4CCC3(C)C1C2C. The van der Waals surface area contributed by atoms with Crippen molar-refractivity contribution < 1.29 is 83.9 Å². The molecule has 9 N–H and O–H groups in total. The Morgan fingerprint density at radius 2 is 1.24 bits per heavy atom. The van der Waals surface area contributed by atoms with Crippen molar-refractivity contribution in [3.05, 3.63) is 0 Å². The van der Waals surface area contributed by atoms with Crippen molar-refractivity contribution >= 4 is 0 Å². The molecule has 0 aromatic heterocycles. The van der Waals surface area contributed by atoms with Crippen molar-refractivity contribution in [3.8, 4) is 0 Å². The number of aliphatic hydroxyl groups excluding tert-OH is 9. The predicted octanol–water partition coefficient (Wildman–Crippen LogP) is 0.294. The Morgan fingerprint density at radius 3 is 1.94 bits per heavy atom. The third-order valence-corrected chi connectivity index (χ3v) is 18.2. The van der Waals surface area contributed by atoms with E-state index < -0.39 is 111 Å². The molecular weight excluding hydrogens is 812 g/mol. The molecule has 62 heavy (non-hydrogen) atoms. The van der Waals surface area contributed by atoms with Gasteiger partial charge in [0.05, 0.1) is 38.1 Å². The third-order valence-electron chi connectivity index (χ3n) is 18.2. The quantitative estimate of drug-likeness (QED) is 0.149. The predicted molar refractivity (Wildman–Crippen MR) is 214 cm³/mol. The van der Waals surface area contributed by atoms with Crippen molar-refractivity contribution in [1.29, 1.82) is 0 Å². The van der Waals surface area contributed by atoms with Gasteiger partial charge in [0.15, 0.2) is 24.7 Å². The molecule has 0 aromatic carbocycles. The van der Waals surface area contributed by atoms with Crippen molar-refractivity contribution in [2.45, 2.75) is 209 Å². The fourth-order valence-corrected chi connectivity index (χ4v) is 14.6. The Kier molecular flexibility index (Phi) is 13.1. The number of hydrogen-bond donors (Lipinski definition) is 9. The minimum atomic E-state index is -1.85. The second-order valence-electron chi connectivity index (χ2n) is 21.5. The minimum absolute atomic E-state index is 0.147. The summed E-state index contributed by atoms with van der Waals surface area (Å²) < 4.78 is 49.5. The molecule has 0 amide bonds. The number of ether oxygens (including phenoxy) is 8. The zero-order valence-corrected chi connectivity index (χ0v) is 36.8. The average Bonchev–Trinajstić information content (AvgIpc) is 3.70. The highest BCUT2D eigenvalue weighted by molar-refractivity contribution is 5.15. The Bertz CT molecular complexity index is 1550. The lowest BCUT2D eigenvalue weighted by molar-refractivity contribution is -0.386. The normalized spacial score (nSPS) is 58.9. The first kappa shape index (κ1) is 46.4. The summed E-state index contributed by atoms with van der Waals surface area (Å²) in [7, 11) is 0. The van der Waals surface area contributed by atoms with E-state index in [4.69, 9.17) is 37.9 Å². The summed E-state index contributed by atoms with van der Waals surface area (Å²) in [6.07, 6.45) is -12.2.